The van der Waals surface area contributed by atoms with Crippen molar-refractivity contribution in [3.8, 4) is 16.4 Å². The van der Waals surface area contributed by atoms with Gasteiger partial charge < -0.3 is 5.73 Å². The second kappa shape index (κ2) is 5.71. The quantitative estimate of drug-likeness (QED) is 0.800. The zero-order chi connectivity index (χ0) is 14.8. The van der Waals surface area contributed by atoms with Crippen LogP contribution in [0.2, 0.25) is 0 Å². The first-order valence-corrected chi connectivity index (χ1v) is 7.56. The fraction of sp³-hybridized carbons (Fsp3) is 0.286. The molecular weight excluding hydrogens is 284 g/mol. The normalized spacial score (nSPS) is 11.2. The van der Waals surface area contributed by atoms with Crippen molar-refractivity contribution >= 4 is 11.3 Å². The van der Waals surface area contributed by atoms with Gasteiger partial charge in [-0.1, -0.05) is 60.7 Å². The Bertz CT molecular complexity index is 731. The van der Waals surface area contributed by atoms with Gasteiger partial charge in [-0.3, -0.25) is 0 Å². The summed E-state index contributed by atoms with van der Waals surface area (Å²) in [5.41, 5.74) is 8.43. The van der Waals surface area contributed by atoms with E-state index in [2.05, 4.69) is 34.4 Å². The summed E-state index contributed by atoms with van der Waals surface area (Å²) in [6.07, 6.45) is 0. The van der Waals surface area contributed by atoms with Crippen molar-refractivity contribution in [2.45, 2.75) is 26.3 Å². The van der Waals surface area contributed by atoms with Crippen molar-refractivity contribution in [3.63, 3.8) is 0 Å². The number of benzene rings is 1. The lowest BCUT2D eigenvalue weighted by Gasteiger charge is -2.04. The Morgan fingerprint density at radius 3 is 2.52 bits per heavy atom. The summed E-state index contributed by atoms with van der Waals surface area (Å²) >= 11 is 1.52. The average Bonchev–Trinajstić information content (AvgIpc) is 3.14. The molecule has 6 nitrogen and oxygen atoms in total. The molecule has 0 saturated heterocycles. The molecule has 0 fully saturated rings. The van der Waals surface area contributed by atoms with Crippen LogP contribution < -0.4 is 5.73 Å². The Kier molecular flexibility index (Phi) is 3.76. The molecule has 0 bridgehead atoms. The third-order valence-corrected chi connectivity index (χ3v) is 4.29. The first kappa shape index (κ1) is 13.8. The van der Waals surface area contributed by atoms with Gasteiger partial charge in [-0.25, -0.2) is 0 Å². The molecule has 0 amide bonds. The SMILES string of the molecule is CC(C)c1nnc(-n2nnc(CN)c2-c2ccccc2)s1. The molecular formula is C14H16N6S. The first-order chi connectivity index (χ1) is 10.2. The Hall–Kier alpha value is -2.12. The van der Waals surface area contributed by atoms with Crippen LogP contribution in [0, 0.1) is 0 Å². The summed E-state index contributed by atoms with van der Waals surface area (Å²) in [5, 5.41) is 18.5. The number of rotatable bonds is 4. The van der Waals surface area contributed by atoms with Crippen molar-refractivity contribution in [2.75, 3.05) is 0 Å². The third kappa shape index (κ3) is 2.57. The van der Waals surface area contributed by atoms with E-state index in [1.807, 2.05) is 30.3 Å². The minimum absolute atomic E-state index is 0.333. The van der Waals surface area contributed by atoms with E-state index in [4.69, 9.17) is 5.73 Å². The van der Waals surface area contributed by atoms with E-state index < -0.39 is 0 Å². The van der Waals surface area contributed by atoms with E-state index in [1.165, 1.54) is 11.3 Å². The molecule has 0 saturated carbocycles. The van der Waals surface area contributed by atoms with Gasteiger partial charge >= 0.3 is 0 Å². The van der Waals surface area contributed by atoms with Gasteiger partial charge in [0.2, 0.25) is 5.13 Å². The Morgan fingerprint density at radius 1 is 1.14 bits per heavy atom. The number of nitrogens with two attached hydrogens (primary N) is 1. The lowest BCUT2D eigenvalue weighted by atomic mass is 10.1. The predicted molar refractivity (Wildman–Crippen MR) is 82.2 cm³/mol. The summed E-state index contributed by atoms with van der Waals surface area (Å²) in [6.45, 7) is 4.52. The minimum atomic E-state index is 0.333. The third-order valence-electron chi connectivity index (χ3n) is 3.09. The van der Waals surface area contributed by atoms with Crippen LogP contribution in [0.1, 0.15) is 30.5 Å². The van der Waals surface area contributed by atoms with Gasteiger partial charge in [0.15, 0.2) is 0 Å². The van der Waals surface area contributed by atoms with Crippen LogP contribution in [0.3, 0.4) is 0 Å². The highest BCUT2D eigenvalue weighted by molar-refractivity contribution is 7.13. The topological polar surface area (TPSA) is 82.5 Å². The molecule has 0 spiro atoms. The fourth-order valence-electron chi connectivity index (χ4n) is 2.01. The second-order valence-corrected chi connectivity index (χ2v) is 5.93. The zero-order valence-electron chi connectivity index (χ0n) is 11.9. The summed E-state index contributed by atoms with van der Waals surface area (Å²) in [6, 6.07) is 9.96. The standard InChI is InChI=1S/C14H16N6S/c1-9(2)13-17-18-14(21-13)20-12(11(8-15)16-19-20)10-6-4-3-5-7-10/h3-7,9H,8,15H2,1-2H3. The van der Waals surface area contributed by atoms with E-state index >= 15 is 0 Å². The maximum Gasteiger partial charge on any atom is 0.234 e. The summed E-state index contributed by atoms with van der Waals surface area (Å²) in [5.74, 6) is 0.342. The van der Waals surface area contributed by atoms with Gasteiger partial charge in [0, 0.05) is 18.0 Å². The highest BCUT2D eigenvalue weighted by Crippen LogP contribution is 2.28. The van der Waals surface area contributed by atoms with Crippen molar-refractivity contribution in [3.05, 3.63) is 41.0 Å². The van der Waals surface area contributed by atoms with Crippen molar-refractivity contribution in [2.24, 2.45) is 5.73 Å². The molecule has 0 atom stereocenters. The van der Waals surface area contributed by atoms with E-state index in [1.54, 1.807) is 4.68 Å². The number of nitrogens with zero attached hydrogens (tertiary/aromatic N) is 5. The number of hydrogen-bond donors (Lipinski definition) is 1. The monoisotopic (exact) mass is 300 g/mol. The van der Waals surface area contributed by atoms with Crippen LogP contribution in [0.25, 0.3) is 16.4 Å². The molecule has 0 aliphatic carbocycles. The molecule has 2 N–H and O–H groups in total. The highest BCUT2D eigenvalue weighted by Gasteiger charge is 2.18. The minimum Gasteiger partial charge on any atom is -0.325 e. The van der Waals surface area contributed by atoms with Crippen LogP contribution in [0.5, 0.6) is 0 Å². The molecule has 2 aromatic heterocycles. The van der Waals surface area contributed by atoms with Crippen LogP contribution >= 0.6 is 11.3 Å². The van der Waals surface area contributed by atoms with Crippen LogP contribution in [0.15, 0.2) is 30.3 Å². The lowest BCUT2D eigenvalue weighted by molar-refractivity contribution is 0.773. The molecule has 0 aliphatic heterocycles. The van der Waals surface area contributed by atoms with Crippen molar-refractivity contribution < 1.29 is 0 Å². The van der Waals surface area contributed by atoms with Gasteiger partial charge in [0.25, 0.3) is 0 Å². The molecule has 7 heteroatoms. The Labute approximate surface area is 126 Å². The summed E-state index contributed by atoms with van der Waals surface area (Å²) in [7, 11) is 0. The molecule has 0 aliphatic rings. The Balaban J connectivity index is 2.13. The maximum atomic E-state index is 5.78. The fourth-order valence-corrected chi connectivity index (χ4v) is 2.82. The van der Waals surface area contributed by atoms with Crippen LogP contribution in [-0.4, -0.2) is 25.2 Å². The zero-order valence-corrected chi connectivity index (χ0v) is 12.7. The summed E-state index contributed by atoms with van der Waals surface area (Å²) < 4.78 is 1.72. The van der Waals surface area contributed by atoms with E-state index in [-0.39, 0.29) is 0 Å². The number of aromatic nitrogens is 5. The molecule has 3 rings (SSSR count). The molecule has 2 heterocycles. The van der Waals surface area contributed by atoms with E-state index in [9.17, 15) is 0 Å². The Morgan fingerprint density at radius 2 is 1.90 bits per heavy atom. The van der Waals surface area contributed by atoms with Gasteiger partial charge in [-0.15, -0.1) is 15.3 Å². The molecule has 1 aromatic carbocycles. The summed E-state index contributed by atoms with van der Waals surface area (Å²) in [4.78, 5) is 0. The largest absolute Gasteiger partial charge is 0.325 e. The van der Waals surface area contributed by atoms with E-state index in [0.29, 0.717) is 17.6 Å². The van der Waals surface area contributed by atoms with Crippen LogP contribution in [-0.2, 0) is 6.54 Å². The van der Waals surface area contributed by atoms with Gasteiger partial charge in [-0.05, 0) is 0 Å². The van der Waals surface area contributed by atoms with Gasteiger partial charge in [-0.2, -0.15) is 4.68 Å². The molecule has 0 unspecified atom stereocenters. The molecule has 108 valence electrons. The average molecular weight is 300 g/mol. The predicted octanol–water partition coefficient (Wildman–Crippen LogP) is 2.37. The molecule has 21 heavy (non-hydrogen) atoms. The van der Waals surface area contributed by atoms with E-state index in [0.717, 1.165) is 22.0 Å². The van der Waals surface area contributed by atoms with Crippen LogP contribution in [0.4, 0.5) is 0 Å². The molecule has 0 radical (unpaired) electrons. The van der Waals surface area contributed by atoms with Gasteiger partial charge in [0.05, 0.1) is 0 Å². The van der Waals surface area contributed by atoms with Gasteiger partial charge in [0.1, 0.15) is 16.4 Å². The number of hydrogen-bond acceptors (Lipinski definition) is 6. The maximum absolute atomic E-state index is 5.78. The van der Waals surface area contributed by atoms with Crippen molar-refractivity contribution in [1.29, 1.82) is 0 Å². The van der Waals surface area contributed by atoms with Crippen molar-refractivity contribution in [1.82, 2.24) is 25.2 Å². The second-order valence-electron chi connectivity index (χ2n) is 4.94. The smallest absolute Gasteiger partial charge is 0.234 e. The highest BCUT2D eigenvalue weighted by atomic mass is 32.1. The molecule has 3 aromatic rings. The first-order valence-electron chi connectivity index (χ1n) is 6.74. The lowest BCUT2D eigenvalue weighted by Crippen LogP contribution is -2.02.